The summed E-state index contributed by atoms with van der Waals surface area (Å²) in [6.45, 7) is 1.92. The Labute approximate surface area is 99.6 Å². The van der Waals surface area contributed by atoms with Crippen LogP contribution >= 0.6 is 11.6 Å². The highest BCUT2D eigenvalue weighted by atomic mass is 35.5. The lowest BCUT2D eigenvalue weighted by atomic mass is 9.97. The Morgan fingerprint density at radius 3 is 2.75 bits per heavy atom. The van der Waals surface area contributed by atoms with E-state index in [2.05, 4.69) is 10.8 Å². The van der Waals surface area contributed by atoms with Crippen molar-refractivity contribution in [3.05, 3.63) is 33.8 Å². The Balaban J connectivity index is 3.21. The van der Waals surface area contributed by atoms with Gasteiger partial charge in [0.1, 0.15) is 6.07 Å². The molecular formula is C12H12ClNO2. The number of nitriles is 1. The molecule has 1 rings (SSSR count). The zero-order chi connectivity index (χ0) is 12.1. The summed E-state index contributed by atoms with van der Waals surface area (Å²) in [5, 5.41) is 9.42. The Morgan fingerprint density at radius 2 is 2.25 bits per heavy atom. The number of benzene rings is 1. The fourth-order valence-electron chi connectivity index (χ4n) is 1.58. The molecule has 0 heterocycles. The molecule has 1 aromatic rings. The van der Waals surface area contributed by atoms with Crippen LogP contribution in [0.5, 0.6) is 0 Å². The average molecular weight is 238 g/mol. The van der Waals surface area contributed by atoms with E-state index in [0.29, 0.717) is 17.0 Å². The molecule has 0 bridgehead atoms. The number of esters is 1. The van der Waals surface area contributed by atoms with Crippen LogP contribution in [0.15, 0.2) is 12.1 Å². The molecule has 0 amide bonds. The highest BCUT2D eigenvalue weighted by molar-refractivity contribution is 6.31. The van der Waals surface area contributed by atoms with E-state index in [1.807, 2.05) is 6.92 Å². The number of hydrogen-bond acceptors (Lipinski definition) is 3. The van der Waals surface area contributed by atoms with Crippen LogP contribution < -0.4 is 0 Å². The number of methoxy groups -OCH3 is 1. The summed E-state index contributed by atoms with van der Waals surface area (Å²) in [4.78, 5) is 11.2. The fourth-order valence-corrected chi connectivity index (χ4v) is 1.80. The first-order chi connectivity index (χ1) is 7.63. The van der Waals surface area contributed by atoms with Crippen molar-refractivity contribution in [2.75, 3.05) is 7.11 Å². The molecule has 0 unspecified atom stereocenters. The molecule has 3 nitrogen and oxygen atoms in total. The lowest BCUT2D eigenvalue weighted by molar-refractivity contribution is -0.139. The SMILES string of the molecule is CCc1c(CC(=O)OC)ccc(Cl)c1C#N. The van der Waals surface area contributed by atoms with Crippen LogP contribution in [-0.2, 0) is 22.4 Å². The molecule has 0 spiro atoms. The number of hydrogen-bond donors (Lipinski definition) is 0. The van der Waals surface area contributed by atoms with E-state index in [9.17, 15) is 4.79 Å². The first kappa shape index (κ1) is 12.5. The van der Waals surface area contributed by atoms with Crippen LogP contribution in [0, 0.1) is 11.3 Å². The lowest BCUT2D eigenvalue weighted by Crippen LogP contribution is -2.08. The van der Waals surface area contributed by atoms with Gasteiger partial charge in [0, 0.05) is 0 Å². The maximum Gasteiger partial charge on any atom is 0.309 e. The van der Waals surface area contributed by atoms with Gasteiger partial charge in [-0.2, -0.15) is 5.26 Å². The number of nitrogens with zero attached hydrogens (tertiary/aromatic N) is 1. The second-order valence-corrected chi connectivity index (χ2v) is 3.69. The maximum atomic E-state index is 11.2. The summed E-state index contributed by atoms with van der Waals surface area (Å²) >= 11 is 5.91. The highest BCUT2D eigenvalue weighted by Crippen LogP contribution is 2.24. The zero-order valence-electron chi connectivity index (χ0n) is 9.21. The normalized spacial score (nSPS) is 9.62. The second-order valence-electron chi connectivity index (χ2n) is 3.28. The van der Waals surface area contributed by atoms with E-state index in [-0.39, 0.29) is 12.4 Å². The monoisotopic (exact) mass is 237 g/mol. The third kappa shape index (κ3) is 2.53. The summed E-state index contributed by atoms with van der Waals surface area (Å²) in [6, 6.07) is 5.46. The van der Waals surface area contributed by atoms with Crippen LogP contribution in [0.3, 0.4) is 0 Å². The zero-order valence-corrected chi connectivity index (χ0v) is 9.97. The van der Waals surface area contributed by atoms with Crippen molar-refractivity contribution in [2.24, 2.45) is 0 Å². The van der Waals surface area contributed by atoms with Gasteiger partial charge in [-0.25, -0.2) is 0 Å². The molecular weight excluding hydrogens is 226 g/mol. The first-order valence-electron chi connectivity index (χ1n) is 4.91. The predicted octanol–water partition coefficient (Wildman–Crippen LogP) is 2.49. The number of halogens is 1. The Bertz CT molecular complexity index is 449. The van der Waals surface area contributed by atoms with Crippen molar-refractivity contribution in [3.8, 4) is 6.07 Å². The Morgan fingerprint density at radius 1 is 1.56 bits per heavy atom. The summed E-state index contributed by atoms with van der Waals surface area (Å²) < 4.78 is 4.60. The molecule has 0 saturated heterocycles. The van der Waals surface area contributed by atoms with Gasteiger partial charge < -0.3 is 4.74 Å². The van der Waals surface area contributed by atoms with E-state index in [1.165, 1.54) is 7.11 Å². The van der Waals surface area contributed by atoms with Crippen LogP contribution in [0.2, 0.25) is 5.02 Å². The standard InChI is InChI=1S/C12H12ClNO2/c1-3-9-8(6-12(15)16-2)4-5-11(13)10(9)7-14/h4-5H,3,6H2,1-2H3. The van der Waals surface area contributed by atoms with Gasteiger partial charge in [-0.3, -0.25) is 4.79 Å². The van der Waals surface area contributed by atoms with Gasteiger partial charge >= 0.3 is 5.97 Å². The van der Waals surface area contributed by atoms with Gasteiger partial charge in [0.25, 0.3) is 0 Å². The molecule has 0 radical (unpaired) electrons. The molecule has 0 atom stereocenters. The third-order valence-corrected chi connectivity index (χ3v) is 2.70. The minimum absolute atomic E-state index is 0.172. The number of rotatable bonds is 3. The van der Waals surface area contributed by atoms with Gasteiger partial charge in [0.15, 0.2) is 0 Å². The van der Waals surface area contributed by atoms with E-state index in [4.69, 9.17) is 16.9 Å². The minimum Gasteiger partial charge on any atom is -0.469 e. The molecule has 84 valence electrons. The first-order valence-corrected chi connectivity index (χ1v) is 5.29. The summed E-state index contributed by atoms with van der Waals surface area (Å²) in [5.74, 6) is -0.319. The van der Waals surface area contributed by atoms with Crippen molar-refractivity contribution in [1.82, 2.24) is 0 Å². The molecule has 4 heteroatoms. The van der Waals surface area contributed by atoms with E-state index in [0.717, 1.165) is 11.1 Å². The van der Waals surface area contributed by atoms with Gasteiger partial charge in [0.2, 0.25) is 0 Å². The van der Waals surface area contributed by atoms with Crippen LogP contribution in [0.4, 0.5) is 0 Å². The molecule has 0 aliphatic carbocycles. The molecule has 0 aromatic heterocycles. The van der Waals surface area contributed by atoms with Gasteiger partial charge in [-0.15, -0.1) is 0 Å². The molecule has 0 aliphatic rings. The number of carbonyl (C=O) groups excluding carboxylic acids is 1. The third-order valence-electron chi connectivity index (χ3n) is 2.39. The smallest absolute Gasteiger partial charge is 0.309 e. The van der Waals surface area contributed by atoms with Crippen molar-refractivity contribution in [2.45, 2.75) is 19.8 Å². The maximum absolute atomic E-state index is 11.2. The van der Waals surface area contributed by atoms with Crippen molar-refractivity contribution in [1.29, 1.82) is 5.26 Å². The number of carbonyl (C=O) groups is 1. The quantitative estimate of drug-likeness (QED) is 0.759. The number of ether oxygens (including phenoxy) is 1. The van der Waals surface area contributed by atoms with Gasteiger partial charge in [0.05, 0.1) is 24.1 Å². The van der Waals surface area contributed by atoms with Crippen molar-refractivity contribution >= 4 is 17.6 Å². The minimum atomic E-state index is -0.319. The van der Waals surface area contributed by atoms with Crippen LogP contribution in [0.25, 0.3) is 0 Å². The topological polar surface area (TPSA) is 50.1 Å². The molecule has 0 fully saturated rings. The van der Waals surface area contributed by atoms with Gasteiger partial charge in [-0.05, 0) is 23.6 Å². The van der Waals surface area contributed by atoms with Crippen molar-refractivity contribution in [3.63, 3.8) is 0 Å². The summed E-state index contributed by atoms with van der Waals surface area (Å²) in [6.07, 6.45) is 0.835. The molecule has 16 heavy (non-hydrogen) atoms. The van der Waals surface area contributed by atoms with E-state index >= 15 is 0 Å². The van der Waals surface area contributed by atoms with Gasteiger partial charge in [-0.1, -0.05) is 24.6 Å². The fraction of sp³-hybridized carbons (Fsp3) is 0.333. The van der Waals surface area contributed by atoms with E-state index < -0.39 is 0 Å². The Hall–Kier alpha value is -1.53. The molecule has 0 aliphatic heterocycles. The lowest BCUT2D eigenvalue weighted by Gasteiger charge is -2.09. The predicted molar refractivity (Wildman–Crippen MR) is 61.3 cm³/mol. The molecule has 0 N–H and O–H groups in total. The van der Waals surface area contributed by atoms with Crippen LogP contribution in [0.1, 0.15) is 23.6 Å². The van der Waals surface area contributed by atoms with Crippen LogP contribution in [-0.4, -0.2) is 13.1 Å². The highest BCUT2D eigenvalue weighted by Gasteiger charge is 2.13. The van der Waals surface area contributed by atoms with E-state index in [1.54, 1.807) is 12.1 Å². The molecule has 1 aromatic carbocycles. The summed E-state index contributed by atoms with van der Waals surface area (Å²) in [7, 11) is 1.34. The largest absolute Gasteiger partial charge is 0.469 e. The second kappa shape index (κ2) is 5.53. The molecule has 0 saturated carbocycles. The van der Waals surface area contributed by atoms with Crippen molar-refractivity contribution < 1.29 is 9.53 Å². The average Bonchev–Trinajstić information content (AvgIpc) is 2.30. The Kier molecular flexibility index (Phi) is 4.33. The summed E-state index contributed by atoms with van der Waals surface area (Å²) in [5.41, 5.74) is 2.07.